The summed E-state index contributed by atoms with van der Waals surface area (Å²) < 4.78 is 1.47. The van der Waals surface area contributed by atoms with Crippen molar-refractivity contribution in [3.8, 4) is 0 Å². The summed E-state index contributed by atoms with van der Waals surface area (Å²) in [6.45, 7) is 6.46. The van der Waals surface area contributed by atoms with E-state index in [1.807, 2.05) is 63.2 Å². The molecule has 0 aliphatic heterocycles. The summed E-state index contributed by atoms with van der Waals surface area (Å²) in [5, 5.41) is 8.80. The number of fused-ring (bicyclic) bond motifs is 2. The van der Waals surface area contributed by atoms with Gasteiger partial charge >= 0.3 is 0 Å². The van der Waals surface area contributed by atoms with Crippen LogP contribution in [0.15, 0.2) is 53.3 Å². The molecule has 7 heteroatoms. The standard InChI is InChI=1S/C23H25N5O2/c1-14(2)13-28-23(30)17-9-5-4-8-16(17)20(27-28)12-21(29)24-15(3)22-25-18-10-6-7-11-19(18)26-22/h4-11,14-15H,12-13H2,1-3H3,(H,24,29)(H,25,26). The summed E-state index contributed by atoms with van der Waals surface area (Å²) >= 11 is 0. The van der Waals surface area contributed by atoms with Gasteiger partial charge in [0.15, 0.2) is 0 Å². The van der Waals surface area contributed by atoms with Gasteiger partial charge in [0, 0.05) is 11.9 Å². The molecular formula is C23H25N5O2. The lowest BCUT2D eigenvalue weighted by atomic mass is 10.1. The molecule has 2 aromatic carbocycles. The van der Waals surface area contributed by atoms with E-state index in [2.05, 4.69) is 20.4 Å². The van der Waals surface area contributed by atoms with Gasteiger partial charge in [0.1, 0.15) is 5.82 Å². The summed E-state index contributed by atoms with van der Waals surface area (Å²) in [5.74, 6) is 0.800. The average Bonchev–Trinajstić information content (AvgIpc) is 3.15. The Labute approximate surface area is 174 Å². The van der Waals surface area contributed by atoms with Crippen molar-refractivity contribution >= 4 is 27.7 Å². The fourth-order valence-corrected chi connectivity index (χ4v) is 3.60. The maximum Gasteiger partial charge on any atom is 0.274 e. The Hall–Kier alpha value is -3.48. The predicted molar refractivity (Wildman–Crippen MR) is 117 cm³/mol. The van der Waals surface area contributed by atoms with E-state index in [9.17, 15) is 9.59 Å². The minimum absolute atomic E-state index is 0.0868. The van der Waals surface area contributed by atoms with Crippen LogP contribution in [0.5, 0.6) is 0 Å². The Bertz CT molecular complexity index is 1240. The average molecular weight is 403 g/mol. The number of hydrogen-bond acceptors (Lipinski definition) is 4. The van der Waals surface area contributed by atoms with Gasteiger partial charge < -0.3 is 10.3 Å². The van der Waals surface area contributed by atoms with Gasteiger partial charge in [-0.2, -0.15) is 5.10 Å². The molecule has 2 heterocycles. The molecule has 0 bridgehead atoms. The molecule has 0 fully saturated rings. The van der Waals surface area contributed by atoms with Gasteiger partial charge in [0.2, 0.25) is 5.91 Å². The van der Waals surface area contributed by atoms with Crippen molar-refractivity contribution in [3.63, 3.8) is 0 Å². The first kappa shape index (κ1) is 19.8. The van der Waals surface area contributed by atoms with Gasteiger partial charge in [-0.15, -0.1) is 0 Å². The molecule has 4 aromatic rings. The number of para-hydroxylation sites is 2. The van der Waals surface area contributed by atoms with E-state index in [0.717, 1.165) is 11.0 Å². The number of amides is 1. The number of carbonyl (C=O) groups is 1. The van der Waals surface area contributed by atoms with Crippen LogP contribution in [0.3, 0.4) is 0 Å². The molecule has 7 nitrogen and oxygen atoms in total. The molecule has 30 heavy (non-hydrogen) atoms. The number of nitrogens with one attached hydrogen (secondary N) is 2. The number of aromatic amines is 1. The van der Waals surface area contributed by atoms with Crippen molar-refractivity contribution in [2.75, 3.05) is 0 Å². The van der Waals surface area contributed by atoms with E-state index in [0.29, 0.717) is 28.8 Å². The van der Waals surface area contributed by atoms with Gasteiger partial charge in [-0.1, -0.05) is 44.2 Å². The number of hydrogen-bond donors (Lipinski definition) is 2. The van der Waals surface area contributed by atoms with Crippen molar-refractivity contribution in [3.05, 3.63) is 70.4 Å². The zero-order chi connectivity index (χ0) is 21.3. The Morgan fingerprint density at radius 2 is 1.77 bits per heavy atom. The lowest BCUT2D eigenvalue weighted by Gasteiger charge is -2.14. The second-order valence-electron chi connectivity index (χ2n) is 7.98. The van der Waals surface area contributed by atoms with E-state index in [1.165, 1.54) is 4.68 Å². The maximum absolute atomic E-state index is 12.8. The van der Waals surface area contributed by atoms with E-state index in [4.69, 9.17) is 0 Å². The fourth-order valence-electron chi connectivity index (χ4n) is 3.60. The lowest BCUT2D eigenvalue weighted by Crippen LogP contribution is -2.31. The third-order valence-electron chi connectivity index (χ3n) is 5.01. The van der Waals surface area contributed by atoms with Gasteiger partial charge in [0.05, 0.1) is 34.6 Å². The van der Waals surface area contributed by atoms with Crippen LogP contribution >= 0.6 is 0 Å². The molecule has 1 unspecified atom stereocenters. The van der Waals surface area contributed by atoms with Crippen LogP contribution in [0.4, 0.5) is 0 Å². The summed E-state index contributed by atoms with van der Waals surface area (Å²) in [6, 6.07) is 14.8. The molecule has 0 aliphatic carbocycles. The molecule has 2 N–H and O–H groups in total. The summed E-state index contributed by atoms with van der Waals surface area (Å²) in [5.41, 5.74) is 2.27. The molecule has 1 atom stereocenters. The van der Waals surface area contributed by atoms with Crippen LogP contribution in [0.1, 0.15) is 38.3 Å². The van der Waals surface area contributed by atoms with E-state index in [-0.39, 0.29) is 29.8 Å². The van der Waals surface area contributed by atoms with Crippen LogP contribution in [0, 0.1) is 5.92 Å². The fraction of sp³-hybridized carbons (Fsp3) is 0.304. The number of rotatable bonds is 6. The third-order valence-corrected chi connectivity index (χ3v) is 5.01. The van der Waals surface area contributed by atoms with Crippen LogP contribution in [0.25, 0.3) is 21.8 Å². The van der Waals surface area contributed by atoms with Crippen molar-refractivity contribution in [1.29, 1.82) is 0 Å². The van der Waals surface area contributed by atoms with Gasteiger partial charge in [-0.3, -0.25) is 9.59 Å². The van der Waals surface area contributed by atoms with Crippen LogP contribution in [-0.2, 0) is 17.8 Å². The largest absolute Gasteiger partial charge is 0.346 e. The smallest absolute Gasteiger partial charge is 0.274 e. The van der Waals surface area contributed by atoms with Gasteiger partial charge in [-0.25, -0.2) is 9.67 Å². The third kappa shape index (κ3) is 3.96. The first-order valence-electron chi connectivity index (χ1n) is 10.1. The SMILES string of the molecule is CC(C)Cn1nc(CC(=O)NC(C)c2nc3ccccc3[nH]2)c2ccccc2c1=O. The molecule has 0 aliphatic rings. The molecular weight excluding hydrogens is 378 g/mol. The van der Waals surface area contributed by atoms with Crippen molar-refractivity contribution in [2.24, 2.45) is 5.92 Å². The molecule has 154 valence electrons. The molecule has 1 amide bonds. The highest BCUT2D eigenvalue weighted by molar-refractivity contribution is 5.88. The van der Waals surface area contributed by atoms with E-state index in [1.54, 1.807) is 6.07 Å². The second kappa shape index (κ2) is 8.10. The number of benzene rings is 2. The van der Waals surface area contributed by atoms with Crippen LogP contribution < -0.4 is 10.9 Å². The Balaban J connectivity index is 1.59. The molecule has 4 rings (SSSR count). The quantitative estimate of drug-likeness (QED) is 0.516. The van der Waals surface area contributed by atoms with E-state index < -0.39 is 0 Å². The van der Waals surface area contributed by atoms with Crippen molar-refractivity contribution in [2.45, 2.75) is 39.8 Å². The Kier molecular flexibility index (Phi) is 5.35. The zero-order valence-electron chi connectivity index (χ0n) is 17.3. The topological polar surface area (TPSA) is 92.7 Å². The highest BCUT2D eigenvalue weighted by atomic mass is 16.2. The zero-order valence-corrected chi connectivity index (χ0v) is 17.3. The first-order chi connectivity index (χ1) is 14.4. The number of nitrogens with zero attached hydrogens (tertiary/aromatic N) is 3. The molecule has 0 radical (unpaired) electrons. The highest BCUT2D eigenvalue weighted by Crippen LogP contribution is 2.17. The number of carbonyl (C=O) groups excluding carboxylic acids is 1. The molecule has 0 saturated heterocycles. The van der Waals surface area contributed by atoms with Crippen molar-refractivity contribution < 1.29 is 4.79 Å². The summed E-state index contributed by atoms with van der Waals surface area (Å²) in [7, 11) is 0. The van der Waals surface area contributed by atoms with Crippen molar-refractivity contribution in [1.82, 2.24) is 25.1 Å². The number of aromatic nitrogens is 4. The predicted octanol–water partition coefficient (Wildman–Crippen LogP) is 3.35. The molecule has 2 aromatic heterocycles. The van der Waals surface area contributed by atoms with Crippen LogP contribution in [-0.4, -0.2) is 25.7 Å². The number of H-pyrrole nitrogens is 1. The Morgan fingerprint density at radius 1 is 1.07 bits per heavy atom. The monoisotopic (exact) mass is 403 g/mol. The minimum Gasteiger partial charge on any atom is -0.346 e. The maximum atomic E-state index is 12.8. The van der Waals surface area contributed by atoms with Gasteiger partial charge in [0.25, 0.3) is 5.56 Å². The highest BCUT2D eigenvalue weighted by Gasteiger charge is 2.17. The Morgan fingerprint density at radius 3 is 2.50 bits per heavy atom. The minimum atomic E-state index is -0.280. The normalized spacial score (nSPS) is 12.5. The van der Waals surface area contributed by atoms with Gasteiger partial charge in [-0.05, 0) is 31.0 Å². The summed E-state index contributed by atoms with van der Waals surface area (Å²) in [6.07, 6.45) is 0.0868. The second-order valence-corrected chi connectivity index (χ2v) is 7.98. The van der Waals surface area contributed by atoms with Crippen LogP contribution in [0.2, 0.25) is 0 Å². The summed E-state index contributed by atoms with van der Waals surface area (Å²) in [4.78, 5) is 33.3. The number of imidazole rings is 1. The van der Waals surface area contributed by atoms with E-state index >= 15 is 0 Å². The first-order valence-corrected chi connectivity index (χ1v) is 10.1. The molecule has 0 spiro atoms. The lowest BCUT2D eigenvalue weighted by molar-refractivity contribution is -0.121. The molecule has 0 saturated carbocycles.